The number of anilines is 1. The summed E-state index contributed by atoms with van der Waals surface area (Å²) in [5, 5.41) is 1.21. The van der Waals surface area contributed by atoms with E-state index in [9.17, 15) is 0 Å². The van der Waals surface area contributed by atoms with Gasteiger partial charge >= 0.3 is 0 Å². The number of nitrogens with two attached hydrogens (primary N) is 1. The van der Waals surface area contributed by atoms with Crippen LogP contribution in [0.2, 0.25) is 0 Å². The summed E-state index contributed by atoms with van der Waals surface area (Å²) >= 11 is 0. The number of hydrogen-bond donors (Lipinski definition) is 1. The highest BCUT2D eigenvalue weighted by atomic mass is 16.5. The Kier molecular flexibility index (Phi) is 4.08. The van der Waals surface area contributed by atoms with Crippen LogP contribution >= 0.6 is 0 Å². The molecule has 112 valence electrons. The second-order valence-electron chi connectivity index (χ2n) is 5.76. The van der Waals surface area contributed by atoms with E-state index in [1.807, 2.05) is 6.07 Å². The maximum Gasteiger partial charge on any atom is 0.0726 e. The lowest BCUT2D eigenvalue weighted by Gasteiger charge is -2.40. The van der Waals surface area contributed by atoms with Crippen LogP contribution in [-0.2, 0) is 4.74 Å². The van der Waals surface area contributed by atoms with E-state index in [1.54, 1.807) is 7.11 Å². The third kappa shape index (κ3) is 2.74. The van der Waals surface area contributed by atoms with E-state index in [-0.39, 0.29) is 0 Å². The Morgan fingerprint density at radius 3 is 2.95 bits per heavy atom. The summed E-state index contributed by atoms with van der Waals surface area (Å²) in [5.41, 5.74) is 9.37. The van der Waals surface area contributed by atoms with Crippen LogP contribution in [0.1, 0.15) is 18.5 Å². The maximum absolute atomic E-state index is 6.02. The van der Waals surface area contributed by atoms with E-state index in [4.69, 9.17) is 10.5 Å². The molecule has 2 atom stereocenters. The summed E-state index contributed by atoms with van der Waals surface area (Å²) < 4.78 is 5.52. The van der Waals surface area contributed by atoms with E-state index < -0.39 is 0 Å². The molecular weight excluding hydrogens is 262 g/mol. The molecule has 0 radical (unpaired) electrons. The highest BCUT2D eigenvalue weighted by Gasteiger charge is 2.28. The zero-order valence-corrected chi connectivity index (χ0v) is 12.7. The molecule has 0 aliphatic carbocycles. The van der Waals surface area contributed by atoms with Gasteiger partial charge in [-0.15, -0.1) is 0 Å². The first kappa shape index (κ1) is 14.3. The van der Waals surface area contributed by atoms with Crippen molar-refractivity contribution >= 4 is 16.6 Å². The quantitative estimate of drug-likeness (QED) is 0.941. The van der Waals surface area contributed by atoms with Gasteiger partial charge < -0.3 is 15.4 Å². The molecule has 0 spiro atoms. The molecule has 0 bridgehead atoms. The van der Waals surface area contributed by atoms with Gasteiger partial charge in [0, 0.05) is 43.0 Å². The lowest BCUT2D eigenvalue weighted by molar-refractivity contribution is 0.0710. The third-order valence-electron chi connectivity index (χ3n) is 4.40. The number of hydrogen-bond acceptors (Lipinski definition) is 4. The number of methoxy groups -OCH3 is 1. The van der Waals surface area contributed by atoms with Crippen molar-refractivity contribution in [1.29, 1.82) is 0 Å². The molecule has 0 saturated carbocycles. The van der Waals surface area contributed by atoms with Gasteiger partial charge in [-0.3, -0.25) is 4.98 Å². The van der Waals surface area contributed by atoms with Crippen molar-refractivity contribution in [2.75, 3.05) is 25.1 Å². The van der Waals surface area contributed by atoms with Crippen molar-refractivity contribution in [2.24, 2.45) is 5.73 Å². The minimum atomic E-state index is 0.323. The molecule has 1 saturated heterocycles. The Hall–Kier alpha value is -1.65. The summed E-state index contributed by atoms with van der Waals surface area (Å²) in [6.45, 7) is 3.68. The fraction of sp³-hybridized carbons (Fsp3) is 0.471. The van der Waals surface area contributed by atoms with Crippen LogP contribution < -0.4 is 10.6 Å². The summed E-state index contributed by atoms with van der Waals surface area (Å²) in [5.74, 6) is 0. The van der Waals surface area contributed by atoms with Gasteiger partial charge in [0.25, 0.3) is 0 Å². The van der Waals surface area contributed by atoms with Gasteiger partial charge in [-0.2, -0.15) is 0 Å². The number of nitrogens with zero attached hydrogens (tertiary/aromatic N) is 2. The molecule has 1 aromatic heterocycles. The molecule has 2 N–H and O–H groups in total. The number of aromatic nitrogens is 1. The molecular formula is C17H23N3O. The van der Waals surface area contributed by atoms with Crippen LogP contribution in [-0.4, -0.2) is 37.3 Å². The van der Waals surface area contributed by atoms with Crippen LogP contribution in [0, 0.1) is 6.92 Å². The Morgan fingerprint density at radius 1 is 1.38 bits per heavy atom. The van der Waals surface area contributed by atoms with Crippen molar-refractivity contribution in [3.05, 3.63) is 36.0 Å². The number of piperidine rings is 1. The molecule has 0 amide bonds. The maximum atomic E-state index is 6.02. The van der Waals surface area contributed by atoms with Crippen molar-refractivity contribution in [3.8, 4) is 0 Å². The van der Waals surface area contributed by atoms with E-state index in [1.165, 1.54) is 11.1 Å². The number of pyridine rings is 1. The molecule has 4 nitrogen and oxygen atoms in total. The average molecular weight is 285 g/mol. The molecule has 1 aromatic carbocycles. The molecule has 21 heavy (non-hydrogen) atoms. The fourth-order valence-corrected chi connectivity index (χ4v) is 3.29. The van der Waals surface area contributed by atoms with Crippen molar-refractivity contribution < 1.29 is 4.74 Å². The van der Waals surface area contributed by atoms with Crippen molar-refractivity contribution in [1.82, 2.24) is 4.98 Å². The van der Waals surface area contributed by atoms with Crippen molar-refractivity contribution in [2.45, 2.75) is 31.9 Å². The predicted molar refractivity (Wildman–Crippen MR) is 86.7 cm³/mol. The summed E-state index contributed by atoms with van der Waals surface area (Å²) in [6, 6.07) is 10.8. The predicted octanol–water partition coefficient (Wildman–Crippen LogP) is 2.49. The Morgan fingerprint density at radius 2 is 2.19 bits per heavy atom. The third-order valence-corrected chi connectivity index (χ3v) is 4.40. The summed E-state index contributed by atoms with van der Waals surface area (Å²) in [4.78, 5) is 7.07. The number of ether oxygens (including phenoxy) is 1. The molecule has 1 aliphatic rings. The van der Waals surface area contributed by atoms with Crippen LogP contribution in [0.5, 0.6) is 0 Å². The number of fused-ring (bicyclic) bond motifs is 1. The molecule has 4 heteroatoms. The number of rotatable bonds is 3. The highest BCUT2D eigenvalue weighted by molar-refractivity contribution is 5.92. The number of benzene rings is 1. The Bertz CT molecular complexity index is 628. The highest BCUT2D eigenvalue weighted by Crippen LogP contribution is 2.32. The molecule has 3 rings (SSSR count). The van der Waals surface area contributed by atoms with Crippen LogP contribution in [0.25, 0.3) is 10.9 Å². The second kappa shape index (κ2) is 6.00. The van der Waals surface area contributed by atoms with Gasteiger partial charge in [0.15, 0.2) is 0 Å². The van der Waals surface area contributed by atoms with E-state index in [0.29, 0.717) is 18.7 Å². The van der Waals surface area contributed by atoms with E-state index in [2.05, 4.69) is 41.1 Å². The van der Waals surface area contributed by atoms with Gasteiger partial charge in [-0.25, -0.2) is 0 Å². The lowest BCUT2D eigenvalue weighted by atomic mass is 9.97. The van der Waals surface area contributed by atoms with Crippen LogP contribution in [0.4, 0.5) is 5.69 Å². The zero-order chi connectivity index (χ0) is 14.8. The van der Waals surface area contributed by atoms with Gasteiger partial charge in [0.1, 0.15) is 0 Å². The summed E-state index contributed by atoms with van der Waals surface area (Å²) in [6.07, 6.45) is 2.36. The molecule has 1 fully saturated rings. The van der Waals surface area contributed by atoms with Gasteiger partial charge in [-0.05, 0) is 31.9 Å². The van der Waals surface area contributed by atoms with Crippen LogP contribution in [0.15, 0.2) is 30.3 Å². The first-order chi connectivity index (χ1) is 10.2. The van der Waals surface area contributed by atoms with E-state index >= 15 is 0 Å². The average Bonchev–Trinajstić information content (AvgIpc) is 2.53. The van der Waals surface area contributed by atoms with Gasteiger partial charge in [0.05, 0.1) is 11.6 Å². The van der Waals surface area contributed by atoms with Crippen LogP contribution in [0.3, 0.4) is 0 Å². The molecule has 1 aliphatic heterocycles. The van der Waals surface area contributed by atoms with E-state index in [0.717, 1.165) is 30.6 Å². The normalized spacial score (nSPS) is 22.7. The first-order valence-electron chi connectivity index (χ1n) is 7.59. The minimum Gasteiger partial charge on any atom is -0.381 e. The molecule has 2 unspecified atom stereocenters. The fourth-order valence-electron chi connectivity index (χ4n) is 3.29. The molecule has 2 aromatic rings. The lowest BCUT2D eigenvalue weighted by Crippen LogP contribution is -2.48. The topological polar surface area (TPSA) is 51.4 Å². The molecule has 2 heterocycles. The van der Waals surface area contributed by atoms with Gasteiger partial charge in [0.2, 0.25) is 0 Å². The first-order valence-corrected chi connectivity index (χ1v) is 7.59. The minimum absolute atomic E-state index is 0.323. The van der Waals surface area contributed by atoms with Crippen molar-refractivity contribution in [3.63, 3.8) is 0 Å². The van der Waals surface area contributed by atoms with Gasteiger partial charge in [-0.1, -0.05) is 18.2 Å². The second-order valence-corrected chi connectivity index (χ2v) is 5.76. The summed E-state index contributed by atoms with van der Waals surface area (Å²) in [7, 11) is 1.79. The zero-order valence-electron chi connectivity index (χ0n) is 12.7. The monoisotopic (exact) mass is 285 g/mol. The smallest absolute Gasteiger partial charge is 0.0726 e. The number of aryl methyl sites for hydroxylation is 1. The number of para-hydroxylation sites is 1. The standard InChI is InChI=1S/C17H23N3O/c1-12-9-17(15-5-3-4-6-16(15)19-12)20-8-7-14(21-2)10-13(20)11-18/h3-6,9,13-14H,7-8,10-11,18H2,1-2H3. The Balaban J connectivity index is 2.03. The largest absolute Gasteiger partial charge is 0.381 e. The Labute approximate surface area is 125 Å². The SMILES string of the molecule is COC1CCN(c2cc(C)nc3ccccc23)C(CN)C1.